The number of nitrogens with zero attached hydrogens (tertiary/aromatic N) is 2. The van der Waals surface area contributed by atoms with E-state index in [1.54, 1.807) is 0 Å². The van der Waals surface area contributed by atoms with E-state index in [-0.39, 0.29) is 0 Å². The molecule has 2 saturated carbocycles. The highest BCUT2D eigenvalue weighted by molar-refractivity contribution is 5.86. The zero-order valence-corrected chi connectivity index (χ0v) is 15.5. The first kappa shape index (κ1) is 19.8. The second-order valence-electron chi connectivity index (χ2n) is 8.32. The Hall–Kier alpha value is -1.95. The highest BCUT2D eigenvalue weighted by atomic mass is 19.3. The third-order valence-electron chi connectivity index (χ3n) is 5.91. The van der Waals surface area contributed by atoms with E-state index >= 15 is 0 Å². The van der Waals surface area contributed by atoms with Gasteiger partial charge in [-0.3, -0.25) is 4.79 Å². The van der Waals surface area contributed by atoms with Crippen LogP contribution in [0, 0.1) is 16.7 Å². The van der Waals surface area contributed by atoms with Gasteiger partial charge in [0, 0.05) is 19.5 Å². The van der Waals surface area contributed by atoms with Crippen LogP contribution in [0.25, 0.3) is 0 Å². The fourth-order valence-electron chi connectivity index (χ4n) is 3.79. The number of hydrogen-bond acceptors (Lipinski definition) is 5. The molecule has 3 aliphatic rings. The van der Waals surface area contributed by atoms with Crippen LogP contribution in [0.4, 0.5) is 13.6 Å². The zero-order valence-electron chi connectivity index (χ0n) is 15.5. The van der Waals surface area contributed by atoms with Crippen LogP contribution < -0.4 is 10.6 Å². The van der Waals surface area contributed by atoms with Crippen molar-refractivity contribution in [3.8, 4) is 6.07 Å². The monoisotopic (exact) mass is 384 g/mol. The highest BCUT2D eigenvalue weighted by Crippen LogP contribution is 2.48. The second-order valence-corrected chi connectivity index (χ2v) is 8.32. The molecule has 1 spiro atoms. The molecule has 0 unspecified atom stereocenters. The minimum atomic E-state index is -3.15. The van der Waals surface area contributed by atoms with Crippen molar-refractivity contribution in [2.24, 2.45) is 5.41 Å². The predicted octanol–water partition coefficient (Wildman–Crippen LogP) is 2.48. The number of halogens is 2. The number of nitriles is 1. The normalized spacial score (nSPS) is 24.2. The van der Waals surface area contributed by atoms with Crippen LogP contribution >= 0.6 is 0 Å². The molecule has 0 aromatic rings. The van der Waals surface area contributed by atoms with Gasteiger partial charge in [0.25, 0.3) is 0 Å². The summed E-state index contributed by atoms with van der Waals surface area (Å²) < 4.78 is 26.9. The van der Waals surface area contributed by atoms with Crippen LogP contribution in [0.15, 0.2) is 0 Å². The number of carbonyl (C=O) groups is 2. The van der Waals surface area contributed by atoms with Gasteiger partial charge in [0.2, 0.25) is 11.8 Å². The molecule has 2 N–H and O–H groups in total. The Morgan fingerprint density at radius 2 is 1.85 bits per heavy atom. The van der Waals surface area contributed by atoms with Gasteiger partial charge in [-0.05, 0) is 50.9 Å². The molecular formula is C18H26F2N4O3. The van der Waals surface area contributed by atoms with E-state index in [0.717, 1.165) is 12.8 Å². The lowest BCUT2D eigenvalue weighted by Gasteiger charge is -2.47. The minimum Gasteiger partial charge on any atom is -0.351 e. The third kappa shape index (κ3) is 5.06. The van der Waals surface area contributed by atoms with Crippen molar-refractivity contribution in [1.29, 1.82) is 5.26 Å². The van der Waals surface area contributed by atoms with Crippen molar-refractivity contribution in [2.75, 3.05) is 13.1 Å². The van der Waals surface area contributed by atoms with Crippen LogP contribution in [0.2, 0.25) is 0 Å². The zero-order chi connectivity index (χ0) is 19.7. The summed E-state index contributed by atoms with van der Waals surface area (Å²) in [5.41, 5.74) is -0.604. The van der Waals surface area contributed by atoms with E-state index in [0.29, 0.717) is 38.3 Å². The maximum absolute atomic E-state index is 13.5. The number of hydrogen-bond donors (Lipinski definition) is 2. The average Bonchev–Trinajstić information content (AvgIpc) is 3.32. The number of piperidine rings is 1. The average molecular weight is 384 g/mol. The van der Waals surface area contributed by atoms with E-state index in [2.05, 4.69) is 10.6 Å². The molecule has 2 aliphatic carbocycles. The van der Waals surface area contributed by atoms with Crippen LogP contribution in [0.5, 0.6) is 0 Å². The van der Waals surface area contributed by atoms with Crippen LogP contribution in [-0.4, -0.2) is 47.7 Å². The second kappa shape index (κ2) is 7.23. The van der Waals surface area contributed by atoms with Crippen molar-refractivity contribution in [1.82, 2.24) is 15.7 Å². The van der Waals surface area contributed by atoms with Crippen LogP contribution in [0.1, 0.15) is 58.3 Å². The lowest BCUT2D eigenvalue weighted by atomic mass is 9.63. The van der Waals surface area contributed by atoms with Gasteiger partial charge in [-0.15, -0.1) is 5.06 Å². The Kier molecular flexibility index (Phi) is 5.30. The lowest BCUT2D eigenvalue weighted by Crippen LogP contribution is -2.53. The SMILES string of the molecule is CC(F)(F)C[C@H](NC(=O)ON1CCC2(CCC2)CC1)C(=O)NC1(C#N)CC1. The van der Waals surface area contributed by atoms with Crippen molar-refractivity contribution < 1.29 is 23.2 Å². The first-order valence-corrected chi connectivity index (χ1v) is 9.49. The summed E-state index contributed by atoms with van der Waals surface area (Å²) in [7, 11) is 0. The van der Waals surface area contributed by atoms with Crippen molar-refractivity contribution in [3.63, 3.8) is 0 Å². The van der Waals surface area contributed by atoms with Crippen LogP contribution in [-0.2, 0) is 9.63 Å². The van der Waals surface area contributed by atoms with E-state index < -0.39 is 35.9 Å². The molecule has 150 valence electrons. The summed E-state index contributed by atoms with van der Waals surface area (Å²) >= 11 is 0. The molecule has 2 amide bonds. The molecule has 0 aromatic heterocycles. The lowest BCUT2D eigenvalue weighted by molar-refractivity contribution is -0.144. The molecule has 3 rings (SSSR count). The fraction of sp³-hybridized carbons (Fsp3) is 0.833. The predicted molar refractivity (Wildman–Crippen MR) is 91.5 cm³/mol. The Morgan fingerprint density at radius 3 is 2.30 bits per heavy atom. The van der Waals surface area contributed by atoms with Gasteiger partial charge in [0.1, 0.15) is 11.6 Å². The number of amides is 2. The molecule has 0 bridgehead atoms. The molecule has 1 saturated heterocycles. The van der Waals surface area contributed by atoms with E-state index in [1.807, 2.05) is 6.07 Å². The number of hydroxylamine groups is 2. The molecule has 9 heteroatoms. The smallest absolute Gasteiger partial charge is 0.351 e. The summed E-state index contributed by atoms with van der Waals surface area (Å²) in [6.45, 7) is 1.89. The summed E-state index contributed by atoms with van der Waals surface area (Å²) in [5, 5.41) is 15.3. The summed E-state index contributed by atoms with van der Waals surface area (Å²) in [6.07, 6.45) is 4.72. The van der Waals surface area contributed by atoms with E-state index in [9.17, 15) is 18.4 Å². The molecule has 7 nitrogen and oxygen atoms in total. The first-order chi connectivity index (χ1) is 12.6. The van der Waals surface area contributed by atoms with Gasteiger partial charge in [0.15, 0.2) is 0 Å². The van der Waals surface area contributed by atoms with Gasteiger partial charge in [-0.1, -0.05) is 6.42 Å². The molecule has 3 fully saturated rings. The largest absolute Gasteiger partial charge is 0.426 e. The molecule has 1 atom stereocenters. The molecule has 1 heterocycles. The van der Waals surface area contributed by atoms with E-state index in [4.69, 9.17) is 10.1 Å². The number of carbonyl (C=O) groups excluding carboxylic acids is 2. The first-order valence-electron chi connectivity index (χ1n) is 9.49. The highest BCUT2D eigenvalue weighted by Gasteiger charge is 2.47. The topological polar surface area (TPSA) is 94.5 Å². The van der Waals surface area contributed by atoms with Gasteiger partial charge in [0.05, 0.1) is 6.07 Å². The quantitative estimate of drug-likeness (QED) is 0.734. The fourth-order valence-corrected chi connectivity index (χ4v) is 3.79. The maximum Gasteiger partial charge on any atom is 0.426 e. The number of nitrogens with one attached hydrogen (secondary N) is 2. The number of alkyl halides is 2. The third-order valence-corrected chi connectivity index (χ3v) is 5.91. The molecule has 27 heavy (non-hydrogen) atoms. The maximum atomic E-state index is 13.5. The minimum absolute atomic E-state index is 0.388. The van der Waals surface area contributed by atoms with Gasteiger partial charge in [-0.25, -0.2) is 13.6 Å². The van der Waals surface area contributed by atoms with Crippen molar-refractivity contribution in [3.05, 3.63) is 0 Å². The van der Waals surface area contributed by atoms with E-state index in [1.165, 1.54) is 24.3 Å². The standard InChI is InChI=1S/C18H26F2N4O3/c1-16(19,20)11-13(14(25)23-18(12-21)5-6-18)22-15(26)27-24-9-7-17(8-10-24)3-2-4-17/h13H,2-11H2,1H3,(H,22,26)(H,23,25)/t13-/m0/s1. The molecule has 1 aliphatic heterocycles. The molecule has 0 aromatic carbocycles. The molecule has 0 radical (unpaired) electrons. The Balaban J connectivity index is 1.52. The summed E-state index contributed by atoms with van der Waals surface area (Å²) in [4.78, 5) is 29.7. The van der Waals surface area contributed by atoms with Gasteiger partial charge >= 0.3 is 6.09 Å². The van der Waals surface area contributed by atoms with Crippen LogP contribution in [0.3, 0.4) is 0 Å². The summed E-state index contributed by atoms with van der Waals surface area (Å²) in [6, 6.07) is 0.501. The van der Waals surface area contributed by atoms with Crippen molar-refractivity contribution >= 4 is 12.0 Å². The van der Waals surface area contributed by atoms with Gasteiger partial charge in [-0.2, -0.15) is 5.26 Å². The Morgan fingerprint density at radius 1 is 1.22 bits per heavy atom. The van der Waals surface area contributed by atoms with Gasteiger partial charge < -0.3 is 15.5 Å². The molecular weight excluding hydrogens is 358 g/mol. The number of rotatable bonds is 6. The van der Waals surface area contributed by atoms with Crippen molar-refractivity contribution in [2.45, 2.75) is 75.8 Å². The summed E-state index contributed by atoms with van der Waals surface area (Å²) in [5.74, 6) is -3.94. The Labute approximate surface area is 157 Å². The Bertz CT molecular complexity index is 625.